The lowest BCUT2D eigenvalue weighted by Crippen LogP contribution is -2.04. The molecule has 134 valence electrons. The number of hydrogen-bond donors (Lipinski definition) is 0. The van der Waals surface area contributed by atoms with E-state index in [4.69, 9.17) is 0 Å². The maximum Gasteiger partial charge on any atom is 0.193 e. The Balaban J connectivity index is 1.64. The van der Waals surface area contributed by atoms with E-state index in [1.165, 1.54) is 19.6 Å². The summed E-state index contributed by atoms with van der Waals surface area (Å²) in [4.78, 5) is 18.2. The van der Waals surface area contributed by atoms with Gasteiger partial charge in [-0.25, -0.2) is 0 Å². The minimum absolute atomic E-state index is 0.0580. The SMILES string of the molecule is O=C(c1ccccc1)c1ccccc1-c1cccc2c1Sc1ccccc1S2. The second kappa shape index (κ2) is 7.34. The predicted octanol–water partition coefficient (Wildman–Crippen LogP) is 7.20. The maximum atomic E-state index is 13.2. The molecule has 4 aromatic carbocycles. The molecule has 4 aromatic rings. The molecule has 1 aliphatic heterocycles. The first-order chi connectivity index (χ1) is 13.8. The monoisotopic (exact) mass is 396 g/mol. The number of fused-ring (bicyclic) bond motifs is 2. The molecule has 0 unspecified atom stereocenters. The summed E-state index contributed by atoms with van der Waals surface area (Å²) in [6.45, 7) is 0. The molecule has 0 spiro atoms. The molecular formula is C25H16OS2. The van der Waals surface area contributed by atoms with Crippen LogP contribution in [0.5, 0.6) is 0 Å². The molecule has 0 atom stereocenters. The largest absolute Gasteiger partial charge is 0.289 e. The van der Waals surface area contributed by atoms with E-state index in [0.29, 0.717) is 5.56 Å². The molecule has 3 heteroatoms. The van der Waals surface area contributed by atoms with E-state index in [9.17, 15) is 4.79 Å². The predicted molar refractivity (Wildman–Crippen MR) is 116 cm³/mol. The molecule has 0 radical (unpaired) electrons. The standard InChI is InChI=1S/C25H16OS2/c26-24(17-9-2-1-3-10-17)19-12-5-4-11-18(19)20-13-8-16-23-25(20)28-22-15-7-6-14-21(22)27-23/h1-16H. The first kappa shape index (κ1) is 17.4. The Kier molecular flexibility index (Phi) is 4.55. The molecule has 1 heterocycles. The van der Waals surface area contributed by atoms with Crippen LogP contribution >= 0.6 is 23.5 Å². The smallest absolute Gasteiger partial charge is 0.193 e. The second-order valence-electron chi connectivity index (χ2n) is 6.52. The summed E-state index contributed by atoms with van der Waals surface area (Å²) in [5, 5.41) is 0. The Morgan fingerprint density at radius 2 is 1.14 bits per heavy atom. The van der Waals surface area contributed by atoms with Gasteiger partial charge in [0.25, 0.3) is 0 Å². The lowest BCUT2D eigenvalue weighted by atomic mass is 9.94. The van der Waals surface area contributed by atoms with Crippen LogP contribution in [0.1, 0.15) is 15.9 Å². The third-order valence-electron chi connectivity index (χ3n) is 4.76. The number of benzene rings is 4. The van der Waals surface area contributed by atoms with Gasteiger partial charge in [-0.2, -0.15) is 0 Å². The van der Waals surface area contributed by atoms with Crippen molar-refractivity contribution in [2.75, 3.05) is 0 Å². The molecule has 0 saturated heterocycles. The average molecular weight is 397 g/mol. The van der Waals surface area contributed by atoms with E-state index in [0.717, 1.165) is 16.7 Å². The number of carbonyl (C=O) groups excluding carboxylic acids is 1. The molecule has 0 saturated carbocycles. The third kappa shape index (κ3) is 3.07. The van der Waals surface area contributed by atoms with Crippen LogP contribution in [0.4, 0.5) is 0 Å². The highest BCUT2D eigenvalue weighted by atomic mass is 32.2. The van der Waals surface area contributed by atoms with Gasteiger partial charge < -0.3 is 0 Å². The van der Waals surface area contributed by atoms with Crippen molar-refractivity contribution in [3.8, 4) is 11.1 Å². The van der Waals surface area contributed by atoms with Crippen LogP contribution in [0.2, 0.25) is 0 Å². The molecule has 0 N–H and O–H groups in total. The van der Waals surface area contributed by atoms with Crippen LogP contribution in [-0.2, 0) is 0 Å². The summed E-state index contributed by atoms with van der Waals surface area (Å²) in [6, 6.07) is 32.3. The van der Waals surface area contributed by atoms with Gasteiger partial charge >= 0.3 is 0 Å². The van der Waals surface area contributed by atoms with Crippen LogP contribution in [0.15, 0.2) is 117 Å². The zero-order chi connectivity index (χ0) is 18.9. The van der Waals surface area contributed by atoms with Crippen LogP contribution in [0, 0.1) is 0 Å². The Morgan fingerprint density at radius 1 is 0.536 bits per heavy atom. The third-order valence-corrected chi connectivity index (χ3v) is 7.37. The highest BCUT2D eigenvalue weighted by molar-refractivity contribution is 8.05. The second-order valence-corrected chi connectivity index (χ2v) is 8.66. The molecule has 0 bridgehead atoms. The summed E-state index contributed by atoms with van der Waals surface area (Å²) in [6.07, 6.45) is 0. The Morgan fingerprint density at radius 3 is 1.96 bits per heavy atom. The van der Waals surface area contributed by atoms with E-state index in [-0.39, 0.29) is 5.78 Å². The number of ketones is 1. The van der Waals surface area contributed by atoms with Gasteiger partial charge in [-0.1, -0.05) is 102 Å². The van der Waals surface area contributed by atoms with Crippen molar-refractivity contribution < 1.29 is 4.79 Å². The molecule has 0 aromatic heterocycles. The first-order valence-corrected chi connectivity index (χ1v) is 10.7. The van der Waals surface area contributed by atoms with Crippen molar-refractivity contribution in [1.29, 1.82) is 0 Å². The summed E-state index contributed by atoms with van der Waals surface area (Å²) < 4.78 is 0. The van der Waals surface area contributed by atoms with Gasteiger partial charge in [0.1, 0.15) is 0 Å². The average Bonchev–Trinajstić information content (AvgIpc) is 2.77. The van der Waals surface area contributed by atoms with Crippen molar-refractivity contribution in [3.63, 3.8) is 0 Å². The fraction of sp³-hybridized carbons (Fsp3) is 0. The summed E-state index contributed by atoms with van der Waals surface area (Å²) in [5.74, 6) is 0.0580. The van der Waals surface area contributed by atoms with Crippen LogP contribution in [0.3, 0.4) is 0 Å². The van der Waals surface area contributed by atoms with E-state index in [1.54, 1.807) is 23.5 Å². The molecule has 1 aliphatic rings. The quantitative estimate of drug-likeness (QED) is 0.300. The summed E-state index contributed by atoms with van der Waals surface area (Å²) in [7, 11) is 0. The van der Waals surface area contributed by atoms with E-state index >= 15 is 0 Å². The van der Waals surface area contributed by atoms with Crippen molar-refractivity contribution in [3.05, 3.63) is 108 Å². The topological polar surface area (TPSA) is 17.1 Å². The molecule has 0 aliphatic carbocycles. The van der Waals surface area contributed by atoms with E-state index < -0.39 is 0 Å². The lowest BCUT2D eigenvalue weighted by Gasteiger charge is -2.21. The zero-order valence-corrected chi connectivity index (χ0v) is 16.6. The number of rotatable bonds is 3. The fourth-order valence-corrected chi connectivity index (χ4v) is 5.81. The number of carbonyl (C=O) groups is 1. The minimum Gasteiger partial charge on any atom is -0.289 e. The van der Waals surface area contributed by atoms with E-state index in [1.807, 2.05) is 48.5 Å². The summed E-state index contributed by atoms with van der Waals surface area (Å²) in [5.41, 5.74) is 3.56. The zero-order valence-electron chi connectivity index (χ0n) is 15.0. The minimum atomic E-state index is 0.0580. The van der Waals surface area contributed by atoms with Gasteiger partial charge in [0.2, 0.25) is 0 Å². The highest BCUT2D eigenvalue weighted by Gasteiger charge is 2.22. The van der Waals surface area contributed by atoms with Gasteiger partial charge in [0.05, 0.1) is 0 Å². The van der Waals surface area contributed by atoms with Gasteiger partial charge in [-0.15, -0.1) is 0 Å². The van der Waals surface area contributed by atoms with Crippen LogP contribution in [0.25, 0.3) is 11.1 Å². The van der Waals surface area contributed by atoms with Crippen LogP contribution < -0.4 is 0 Å². The van der Waals surface area contributed by atoms with Crippen molar-refractivity contribution in [1.82, 2.24) is 0 Å². The van der Waals surface area contributed by atoms with Crippen molar-refractivity contribution in [2.24, 2.45) is 0 Å². The molecule has 0 fully saturated rings. The molecule has 5 rings (SSSR count). The van der Waals surface area contributed by atoms with E-state index in [2.05, 4.69) is 48.5 Å². The lowest BCUT2D eigenvalue weighted by molar-refractivity contribution is 0.103. The molecule has 0 amide bonds. The van der Waals surface area contributed by atoms with Gasteiger partial charge in [-0.05, 0) is 29.3 Å². The highest BCUT2D eigenvalue weighted by Crippen LogP contribution is 2.51. The van der Waals surface area contributed by atoms with Crippen molar-refractivity contribution in [2.45, 2.75) is 19.6 Å². The Labute approximate surface area is 172 Å². The summed E-state index contributed by atoms with van der Waals surface area (Å²) >= 11 is 3.58. The first-order valence-electron chi connectivity index (χ1n) is 9.08. The van der Waals surface area contributed by atoms with Gasteiger partial charge in [0, 0.05) is 30.7 Å². The van der Waals surface area contributed by atoms with Crippen LogP contribution in [-0.4, -0.2) is 5.78 Å². The van der Waals surface area contributed by atoms with Gasteiger partial charge in [-0.3, -0.25) is 4.79 Å². The Hall–Kier alpha value is -2.75. The number of hydrogen-bond acceptors (Lipinski definition) is 3. The fourth-order valence-electron chi connectivity index (χ4n) is 3.42. The molecule has 28 heavy (non-hydrogen) atoms. The Bertz CT molecular complexity index is 1180. The molecule has 1 nitrogen and oxygen atoms in total. The van der Waals surface area contributed by atoms with Crippen molar-refractivity contribution >= 4 is 29.3 Å². The maximum absolute atomic E-state index is 13.2. The normalized spacial score (nSPS) is 12.1. The van der Waals surface area contributed by atoms with Gasteiger partial charge in [0.15, 0.2) is 5.78 Å². The molecular weight excluding hydrogens is 380 g/mol.